The third-order valence-electron chi connectivity index (χ3n) is 2.51. The van der Waals surface area contributed by atoms with Crippen LogP contribution in [0.4, 0.5) is 0 Å². The first-order valence-corrected chi connectivity index (χ1v) is 6.42. The van der Waals surface area contributed by atoms with Crippen LogP contribution in [0, 0.1) is 0 Å². The minimum absolute atomic E-state index is 0.672. The van der Waals surface area contributed by atoms with Gasteiger partial charge < -0.3 is 4.34 Å². The standard InChI is InChI=1S/C14H16NP/c1-3-7-13(4-2)16-15-11-10-12-8-5-6-9-14(12)15/h3-11,16H,1-2H3/b7-3-,13-4+. The molecule has 0 aliphatic carbocycles. The van der Waals surface area contributed by atoms with Gasteiger partial charge in [-0.3, -0.25) is 0 Å². The summed E-state index contributed by atoms with van der Waals surface area (Å²) in [6, 6.07) is 10.7. The van der Waals surface area contributed by atoms with Crippen molar-refractivity contribution >= 4 is 19.6 Å². The molecule has 1 unspecified atom stereocenters. The first-order valence-electron chi connectivity index (χ1n) is 5.47. The van der Waals surface area contributed by atoms with Crippen LogP contribution in [0.3, 0.4) is 0 Å². The van der Waals surface area contributed by atoms with E-state index >= 15 is 0 Å². The number of allylic oxidation sites excluding steroid dienone is 4. The van der Waals surface area contributed by atoms with Gasteiger partial charge in [0.15, 0.2) is 0 Å². The second kappa shape index (κ2) is 5.14. The molecule has 2 rings (SSSR count). The van der Waals surface area contributed by atoms with Crippen molar-refractivity contribution < 1.29 is 0 Å². The van der Waals surface area contributed by atoms with Gasteiger partial charge in [0.25, 0.3) is 0 Å². The molecule has 0 aliphatic heterocycles. The Bertz CT molecular complexity index is 534. The van der Waals surface area contributed by atoms with Crippen LogP contribution in [0.1, 0.15) is 13.8 Å². The monoisotopic (exact) mass is 229 g/mol. The lowest BCUT2D eigenvalue weighted by atomic mass is 10.3. The van der Waals surface area contributed by atoms with Gasteiger partial charge in [0.1, 0.15) is 0 Å². The highest BCUT2D eigenvalue weighted by molar-refractivity contribution is 7.42. The van der Waals surface area contributed by atoms with E-state index in [0.717, 1.165) is 0 Å². The van der Waals surface area contributed by atoms with Crippen LogP contribution in [0.5, 0.6) is 0 Å². The highest BCUT2D eigenvalue weighted by atomic mass is 31.1. The average molecular weight is 229 g/mol. The van der Waals surface area contributed by atoms with Crippen molar-refractivity contribution in [3.8, 4) is 0 Å². The molecule has 16 heavy (non-hydrogen) atoms. The summed E-state index contributed by atoms with van der Waals surface area (Å²) in [5, 5.41) is 2.68. The molecule has 0 N–H and O–H groups in total. The van der Waals surface area contributed by atoms with Gasteiger partial charge in [0.2, 0.25) is 0 Å². The van der Waals surface area contributed by atoms with Crippen LogP contribution >= 0.6 is 8.73 Å². The predicted octanol–water partition coefficient (Wildman–Crippen LogP) is 4.56. The molecular formula is C14H16NP. The lowest BCUT2D eigenvalue weighted by Gasteiger charge is -2.05. The maximum atomic E-state index is 2.31. The van der Waals surface area contributed by atoms with Gasteiger partial charge in [-0.1, -0.05) is 36.4 Å². The first-order chi connectivity index (χ1) is 7.85. The molecule has 0 radical (unpaired) electrons. The topological polar surface area (TPSA) is 4.93 Å². The summed E-state index contributed by atoms with van der Waals surface area (Å²) in [5.74, 6) is 0. The first kappa shape index (κ1) is 11.2. The van der Waals surface area contributed by atoms with Gasteiger partial charge in [-0.05, 0) is 36.7 Å². The Balaban J connectivity index is 2.34. The third kappa shape index (κ3) is 2.25. The van der Waals surface area contributed by atoms with E-state index in [1.807, 2.05) is 0 Å². The van der Waals surface area contributed by atoms with Crippen LogP contribution in [0.25, 0.3) is 10.9 Å². The Hall–Kier alpha value is -1.33. The second-order valence-corrected chi connectivity index (χ2v) is 4.88. The number of nitrogens with zero attached hydrogens (tertiary/aromatic N) is 1. The number of aromatic nitrogens is 1. The van der Waals surface area contributed by atoms with Crippen molar-refractivity contribution in [2.45, 2.75) is 13.8 Å². The van der Waals surface area contributed by atoms with E-state index in [2.05, 4.69) is 72.9 Å². The highest BCUT2D eigenvalue weighted by Crippen LogP contribution is 2.31. The van der Waals surface area contributed by atoms with Gasteiger partial charge in [0.05, 0.1) is 5.52 Å². The molecule has 1 heterocycles. The molecule has 0 saturated carbocycles. The lowest BCUT2D eigenvalue weighted by molar-refractivity contribution is 1.34. The Labute approximate surface area is 98.3 Å². The summed E-state index contributed by atoms with van der Waals surface area (Å²) in [6.45, 7) is 4.15. The number of rotatable bonds is 3. The SMILES string of the molecule is C/C=C\C(=C/C)Pn1ccc2ccccc21. The minimum Gasteiger partial charge on any atom is -0.324 e. The van der Waals surface area contributed by atoms with Crippen molar-refractivity contribution in [2.75, 3.05) is 0 Å². The molecule has 0 bridgehead atoms. The summed E-state index contributed by atoms with van der Waals surface area (Å²) < 4.78 is 2.31. The van der Waals surface area contributed by atoms with E-state index < -0.39 is 0 Å². The maximum absolute atomic E-state index is 2.31. The van der Waals surface area contributed by atoms with Crippen LogP contribution < -0.4 is 0 Å². The summed E-state index contributed by atoms with van der Waals surface area (Å²) >= 11 is 0. The van der Waals surface area contributed by atoms with Gasteiger partial charge in [-0.25, -0.2) is 0 Å². The van der Waals surface area contributed by atoms with E-state index in [1.165, 1.54) is 16.2 Å². The average Bonchev–Trinajstić information content (AvgIpc) is 2.72. The zero-order chi connectivity index (χ0) is 11.4. The molecular weight excluding hydrogens is 213 g/mol. The minimum atomic E-state index is 0.672. The van der Waals surface area contributed by atoms with Crippen molar-refractivity contribution in [2.24, 2.45) is 0 Å². The van der Waals surface area contributed by atoms with Crippen LogP contribution in [0.2, 0.25) is 0 Å². The van der Waals surface area contributed by atoms with Gasteiger partial charge >= 0.3 is 0 Å². The third-order valence-corrected chi connectivity index (χ3v) is 3.85. The Morgan fingerprint density at radius 2 is 2.00 bits per heavy atom. The number of hydrogen-bond donors (Lipinski definition) is 0. The summed E-state index contributed by atoms with van der Waals surface area (Å²) in [4.78, 5) is 0. The molecule has 1 nitrogen and oxygen atoms in total. The van der Waals surface area contributed by atoms with E-state index in [4.69, 9.17) is 0 Å². The molecule has 2 heteroatoms. The van der Waals surface area contributed by atoms with Gasteiger partial charge in [0, 0.05) is 14.9 Å². The normalized spacial score (nSPS) is 13.5. The quantitative estimate of drug-likeness (QED) is 0.537. The summed E-state index contributed by atoms with van der Waals surface area (Å²) in [7, 11) is 0.672. The Morgan fingerprint density at radius 1 is 1.19 bits per heavy atom. The fourth-order valence-electron chi connectivity index (χ4n) is 1.70. The molecule has 82 valence electrons. The summed E-state index contributed by atoms with van der Waals surface area (Å²) in [6.07, 6.45) is 8.60. The Kier molecular flexibility index (Phi) is 3.58. The summed E-state index contributed by atoms with van der Waals surface area (Å²) in [5.41, 5.74) is 1.31. The molecule has 0 aliphatic rings. The highest BCUT2D eigenvalue weighted by Gasteiger charge is 2.00. The number of hydrogen-bond acceptors (Lipinski definition) is 0. The molecule has 1 atom stereocenters. The smallest absolute Gasteiger partial charge is 0.0515 e. The van der Waals surface area contributed by atoms with Gasteiger partial charge in [-0.15, -0.1) is 0 Å². The van der Waals surface area contributed by atoms with Crippen LogP contribution in [0.15, 0.2) is 60.1 Å². The zero-order valence-corrected chi connectivity index (χ0v) is 10.6. The number of benzene rings is 1. The van der Waals surface area contributed by atoms with Crippen molar-refractivity contribution in [1.82, 2.24) is 4.34 Å². The van der Waals surface area contributed by atoms with Crippen molar-refractivity contribution in [3.63, 3.8) is 0 Å². The molecule has 0 fully saturated rings. The van der Waals surface area contributed by atoms with E-state index in [9.17, 15) is 0 Å². The molecule has 2 aromatic rings. The van der Waals surface area contributed by atoms with E-state index in [0.29, 0.717) is 8.73 Å². The number of fused-ring (bicyclic) bond motifs is 1. The molecule has 1 aromatic carbocycles. The van der Waals surface area contributed by atoms with E-state index in [1.54, 1.807) is 0 Å². The second-order valence-electron chi connectivity index (χ2n) is 3.60. The fraction of sp³-hybridized carbons (Fsp3) is 0.143. The fourth-order valence-corrected chi connectivity index (χ4v) is 2.82. The zero-order valence-electron chi connectivity index (χ0n) is 9.64. The maximum Gasteiger partial charge on any atom is 0.0515 e. The van der Waals surface area contributed by atoms with Crippen LogP contribution in [-0.4, -0.2) is 4.34 Å². The van der Waals surface area contributed by atoms with Crippen molar-refractivity contribution in [1.29, 1.82) is 0 Å². The van der Waals surface area contributed by atoms with Gasteiger partial charge in [-0.2, -0.15) is 0 Å². The molecule has 0 saturated heterocycles. The van der Waals surface area contributed by atoms with Crippen molar-refractivity contribution in [3.05, 3.63) is 60.1 Å². The van der Waals surface area contributed by atoms with E-state index in [-0.39, 0.29) is 0 Å². The predicted molar refractivity (Wildman–Crippen MR) is 74.2 cm³/mol. The lowest BCUT2D eigenvalue weighted by Crippen LogP contribution is -1.81. The molecule has 0 amide bonds. The molecule has 0 spiro atoms. The Morgan fingerprint density at radius 3 is 2.75 bits per heavy atom. The largest absolute Gasteiger partial charge is 0.324 e. The molecule has 1 aromatic heterocycles. The number of para-hydroxylation sites is 1. The van der Waals surface area contributed by atoms with Crippen LogP contribution in [-0.2, 0) is 0 Å².